The molecule has 126 valence electrons. The van der Waals surface area contributed by atoms with Crippen molar-refractivity contribution in [3.63, 3.8) is 0 Å². The minimum Gasteiger partial charge on any atom is -0.345 e. The van der Waals surface area contributed by atoms with Crippen molar-refractivity contribution in [2.45, 2.75) is 45.9 Å². The highest BCUT2D eigenvalue weighted by atomic mass is 32.2. The minimum atomic E-state index is -3.67. The Morgan fingerprint density at radius 3 is 1.96 bits per heavy atom. The van der Waals surface area contributed by atoms with Crippen molar-refractivity contribution in [3.8, 4) is 12.3 Å². The van der Waals surface area contributed by atoms with E-state index in [1.54, 1.807) is 0 Å². The van der Waals surface area contributed by atoms with E-state index < -0.39 is 10.0 Å². The minimum absolute atomic E-state index is 0.0313. The SMILES string of the molecule is C#CCNC(=O)CCNS(=O)(=O)c1c(C)c(C)c(C)c(C)c1C. The molecule has 0 unspecified atom stereocenters. The highest BCUT2D eigenvalue weighted by Gasteiger charge is 2.23. The highest BCUT2D eigenvalue weighted by Crippen LogP contribution is 2.29. The van der Waals surface area contributed by atoms with Gasteiger partial charge in [0.05, 0.1) is 11.4 Å². The van der Waals surface area contributed by atoms with Crippen LogP contribution in [0.15, 0.2) is 4.90 Å². The summed E-state index contributed by atoms with van der Waals surface area (Å²) in [5.41, 5.74) is 4.54. The first-order chi connectivity index (χ1) is 10.6. The fourth-order valence-corrected chi connectivity index (χ4v) is 4.11. The van der Waals surface area contributed by atoms with E-state index in [0.29, 0.717) is 4.90 Å². The van der Waals surface area contributed by atoms with Crippen LogP contribution in [0.25, 0.3) is 0 Å². The number of hydrogen-bond donors (Lipinski definition) is 2. The van der Waals surface area contributed by atoms with E-state index in [1.165, 1.54) is 0 Å². The molecule has 0 bridgehead atoms. The molecule has 2 N–H and O–H groups in total. The summed E-state index contributed by atoms with van der Waals surface area (Å²) in [7, 11) is -3.67. The Morgan fingerprint density at radius 2 is 1.48 bits per heavy atom. The van der Waals surface area contributed by atoms with Gasteiger partial charge in [-0.3, -0.25) is 4.79 Å². The largest absolute Gasteiger partial charge is 0.345 e. The van der Waals surface area contributed by atoms with Crippen LogP contribution < -0.4 is 10.0 Å². The van der Waals surface area contributed by atoms with Crippen LogP contribution in [0.2, 0.25) is 0 Å². The first-order valence-electron chi connectivity index (χ1n) is 7.40. The predicted octanol–water partition coefficient (Wildman–Crippen LogP) is 1.65. The zero-order chi connectivity index (χ0) is 17.8. The number of amides is 1. The molecule has 0 aromatic heterocycles. The van der Waals surface area contributed by atoms with Crippen molar-refractivity contribution < 1.29 is 13.2 Å². The third-order valence-corrected chi connectivity index (χ3v) is 5.97. The third kappa shape index (κ3) is 4.34. The summed E-state index contributed by atoms with van der Waals surface area (Å²) < 4.78 is 27.7. The molecule has 0 heterocycles. The Labute approximate surface area is 138 Å². The lowest BCUT2D eigenvalue weighted by Crippen LogP contribution is -2.31. The number of hydrogen-bond acceptors (Lipinski definition) is 3. The van der Waals surface area contributed by atoms with Gasteiger partial charge < -0.3 is 5.32 Å². The average Bonchev–Trinajstić information content (AvgIpc) is 2.48. The van der Waals surface area contributed by atoms with Gasteiger partial charge in [0.15, 0.2) is 0 Å². The Hall–Kier alpha value is -1.84. The zero-order valence-corrected chi connectivity index (χ0v) is 15.1. The lowest BCUT2D eigenvalue weighted by atomic mass is 9.95. The van der Waals surface area contributed by atoms with E-state index in [-0.39, 0.29) is 25.4 Å². The van der Waals surface area contributed by atoms with Crippen molar-refractivity contribution in [2.75, 3.05) is 13.1 Å². The van der Waals surface area contributed by atoms with Crippen molar-refractivity contribution in [1.29, 1.82) is 0 Å². The normalized spacial score (nSPS) is 11.1. The number of sulfonamides is 1. The van der Waals surface area contributed by atoms with Gasteiger partial charge in [0.2, 0.25) is 15.9 Å². The monoisotopic (exact) mass is 336 g/mol. The molecule has 5 nitrogen and oxygen atoms in total. The van der Waals surface area contributed by atoms with Crippen LogP contribution in [0.1, 0.15) is 34.2 Å². The van der Waals surface area contributed by atoms with Gasteiger partial charge >= 0.3 is 0 Å². The van der Waals surface area contributed by atoms with Gasteiger partial charge in [-0.25, -0.2) is 13.1 Å². The van der Waals surface area contributed by atoms with Crippen molar-refractivity contribution in [3.05, 3.63) is 27.8 Å². The van der Waals surface area contributed by atoms with Crippen LogP contribution in [-0.4, -0.2) is 27.4 Å². The number of carbonyl (C=O) groups is 1. The van der Waals surface area contributed by atoms with E-state index in [4.69, 9.17) is 6.42 Å². The van der Waals surface area contributed by atoms with E-state index in [1.807, 2.05) is 34.6 Å². The zero-order valence-electron chi connectivity index (χ0n) is 14.3. The maximum absolute atomic E-state index is 12.6. The van der Waals surface area contributed by atoms with Crippen LogP contribution in [0.5, 0.6) is 0 Å². The fourth-order valence-electron chi connectivity index (χ4n) is 2.48. The standard InChI is InChI=1S/C17H24N2O3S/c1-7-9-18-16(20)8-10-19-23(21,22)17-14(5)12(3)11(2)13(4)15(17)6/h1,19H,8-10H2,2-6H3,(H,18,20). The molecule has 0 atom stereocenters. The molecule has 1 amide bonds. The van der Waals surface area contributed by atoms with Gasteiger partial charge in [0.25, 0.3) is 0 Å². The fraction of sp³-hybridized carbons (Fsp3) is 0.471. The highest BCUT2D eigenvalue weighted by molar-refractivity contribution is 7.89. The molecule has 1 rings (SSSR count). The van der Waals surface area contributed by atoms with E-state index in [0.717, 1.165) is 27.8 Å². The molecular formula is C17H24N2O3S. The van der Waals surface area contributed by atoms with E-state index >= 15 is 0 Å². The molecule has 0 spiro atoms. The van der Waals surface area contributed by atoms with Crippen LogP contribution in [0.3, 0.4) is 0 Å². The molecule has 6 heteroatoms. The van der Waals surface area contributed by atoms with Crippen LogP contribution in [-0.2, 0) is 14.8 Å². The molecule has 0 aliphatic rings. The maximum atomic E-state index is 12.6. The van der Waals surface area contributed by atoms with Crippen LogP contribution in [0.4, 0.5) is 0 Å². The molecule has 1 aromatic rings. The van der Waals surface area contributed by atoms with Crippen molar-refractivity contribution in [1.82, 2.24) is 10.0 Å². The van der Waals surface area contributed by atoms with Crippen LogP contribution in [0, 0.1) is 47.0 Å². The summed E-state index contributed by atoms with van der Waals surface area (Å²) in [5.74, 6) is 2.01. The predicted molar refractivity (Wildman–Crippen MR) is 91.8 cm³/mol. The Balaban J connectivity index is 2.99. The molecular weight excluding hydrogens is 312 g/mol. The summed E-state index contributed by atoms with van der Waals surface area (Å²) in [6.45, 7) is 9.62. The molecule has 1 aromatic carbocycles. The second-order valence-electron chi connectivity index (χ2n) is 5.58. The van der Waals surface area contributed by atoms with Gasteiger partial charge in [-0.2, -0.15) is 0 Å². The Bertz CT molecular complexity index is 730. The molecule has 0 fully saturated rings. The Morgan fingerprint density at radius 1 is 1.00 bits per heavy atom. The number of benzene rings is 1. The van der Waals surface area contributed by atoms with Crippen molar-refractivity contribution in [2.24, 2.45) is 0 Å². The summed E-state index contributed by atoms with van der Waals surface area (Å²) in [6, 6.07) is 0. The lowest BCUT2D eigenvalue weighted by molar-refractivity contribution is -0.120. The average molecular weight is 336 g/mol. The summed E-state index contributed by atoms with van der Waals surface area (Å²) in [4.78, 5) is 11.8. The van der Waals surface area contributed by atoms with E-state index in [2.05, 4.69) is 16.0 Å². The van der Waals surface area contributed by atoms with Gasteiger partial charge in [0, 0.05) is 13.0 Å². The third-order valence-electron chi connectivity index (χ3n) is 4.23. The van der Waals surface area contributed by atoms with Gasteiger partial charge in [-0.05, 0) is 62.4 Å². The molecule has 0 aliphatic carbocycles. The maximum Gasteiger partial charge on any atom is 0.241 e. The molecule has 0 saturated heterocycles. The number of rotatable bonds is 6. The Kier molecular flexibility index (Phi) is 6.37. The van der Waals surface area contributed by atoms with Crippen molar-refractivity contribution >= 4 is 15.9 Å². The lowest BCUT2D eigenvalue weighted by Gasteiger charge is -2.19. The number of nitrogens with one attached hydrogen (secondary N) is 2. The number of terminal acetylenes is 1. The molecule has 0 radical (unpaired) electrons. The second kappa shape index (κ2) is 7.62. The van der Waals surface area contributed by atoms with Gasteiger partial charge in [0.1, 0.15) is 0 Å². The molecule has 0 aliphatic heterocycles. The molecule has 23 heavy (non-hydrogen) atoms. The first-order valence-corrected chi connectivity index (χ1v) is 8.88. The number of carbonyl (C=O) groups excluding carboxylic acids is 1. The molecule has 0 saturated carbocycles. The van der Waals surface area contributed by atoms with Crippen LogP contribution >= 0.6 is 0 Å². The van der Waals surface area contributed by atoms with Gasteiger partial charge in [-0.15, -0.1) is 6.42 Å². The summed E-state index contributed by atoms with van der Waals surface area (Å²) >= 11 is 0. The second-order valence-corrected chi connectivity index (χ2v) is 7.29. The summed E-state index contributed by atoms with van der Waals surface area (Å²) in [5, 5.41) is 2.50. The smallest absolute Gasteiger partial charge is 0.241 e. The quantitative estimate of drug-likeness (QED) is 0.776. The topological polar surface area (TPSA) is 75.3 Å². The first kappa shape index (κ1) is 19.2. The summed E-state index contributed by atoms with van der Waals surface area (Å²) in [6.07, 6.45) is 5.09. The van der Waals surface area contributed by atoms with E-state index in [9.17, 15) is 13.2 Å². The van der Waals surface area contributed by atoms with Gasteiger partial charge in [-0.1, -0.05) is 5.92 Å².